The lowest BCUT2D eigenvalue weighted by atomic mass is 10.2. The van der Waals surface area contributed by atoms with E-state index in [4.69, 9.17) is 5.26 Å². The van der Waals surface area contributed by atoms with Crippen molar-refractivity contribution in [3.05, 3.63) is 56.0 Å². The highest BCUT2D eigenvalue weighted by molar-refractivity contribution is 7.12. The molecule has 0 aliphatic carbocycles. The van der Waals surface area contributed by atoms with E-state index < -0.39 is 10.7 Å². The second kappa shape index (κ2) is 5.46. The van der Waals surface area contributed by atoms with Gasteiger partial charge in [-0.3, -0.25) is 10.1 Å². The van der Waals surface area contributed by atoms with Gasteiger partial charge in [0.25, 0.3) is 5.69 Å². The van der Waals surface area contributed by atoms with Crippen LogP contribution in [0.1, 0.15) is 9.75 Å². The zero-order chi connectivity index (χ0) is 13.8. The molecule has 0 fully saturated rings. The smallest absolute Gasteiger partial charge is 0.295 e. The molecule has 0 bridgehead atoms. The minimum atomic E-state index is -0.675. The largest absolute Gasteiger partial charge is 0.372 e. The van der Waals surface area contributed by atoms with Gasteiger partial charge in [0.2, 0.25) is 0 Å². The molecule has 1 N–H and O–H groups in total. The Bertz CT molecular complexity index is 663. The van der Waals surface area contributed by atoms with Crippen molar-refractivity contribution in [2.24, 2.45) is 0 Å². The average molecular weight is 277 g/mol. The molecular formula is C12H8FN3O2S. The molecule has 0 unspecified atom stereocenters. The molecule has 7 heteroatoms. The highest BCUT2D eigenvalue weighted by Crippen LogP contribution is 2.28. The van der Waals surface area contributed by atoms with Crippen molar-refractivity contribution in [3.63, 3.8) is 0 Å². The number of para-hydroxylation sites is 1. The maximum absolute atomic E-state index is 13.6. The molecule has 0 spiro atoms. The zero-order valence-corrected chi connectivity index (χ0v) is 10.4. The van der Waals surface area contributed by atoms with Crippen molar-refractivity contribution in [2.75, 3.05) is 5.32 Å². The van der Waals surface area contributed by atoms with E-state index >= 15 is 0 Å². The number of nitrogens with one attached hydrogen (secondary N) is 1. The fourth-order valence-corrected chi connectivity index (χ4v) is 2.29. The Balaban J connectivity index is 2.19. The lowest BCUT2D eigenvalue weighted by Crippen LogP contribution is -2.03. The number of nitro groups is 1. The first-order valence-electron chi connectivity index (χ1n) is 5.27. The molecule has 0 aliphatic rings. The molecule has 0 amide bonds. The average Bonchev–Trinajstić information content (AvgIpc) is 2.85. The van der Waals surface area contributed by atoms with Crippen molar-refractivity contribution in [2.45, 2.75) is 6.54 Å². The van der Waals surface area contributed by atoms with Crippen LogP contribution in [0, 0.1) is 27.3 Å². The van der Waals surface area contributed by atoms with E-state index in [0.29, 0.717) is 4.88 Å². The Kier molecular flexibility index (Phi) is 3.73. The number of halogens is 1. The van der Waals surface area contributed by atoms with Gasteiger partial charge in [0, 0.05) is 17.5 Å². The SMILES string of the molecule is N#Cc1ccc(CNc2c(F)cccc2[N+](=O)[O-])s1. The summed E-state index contributed by atoms with van der Waals surface area (Å²) in [4.78, 5) is 11.5. The number of thiophene rings is 1. The van der Waals surface area contributed by atoms with Crippen LogP contribution < -0.4 is 5.32 Å². The molecule has 0 saturated carbocycles. The molecule has 96 valence electrons. The number of hydrogen-bond donors (Lipinski definition) is 1. The maximum Gasteiger partial charge on any atom is 0.295 e. The first-order valence-corrected chi connectivity index (χ1v) is 6.09. The summed E-state index contributed by atoms with van der Waals surface area (Å²) in [6.45, 7) is 0.230. The maximum atomic E-state index is 13.6. The number of nitriles is 1. The molecular weight excluding hydrogens is 269 g/mol. The Morgan fingerprint density at radius 1 is 1.42 bits per heavy atom. The Hall–Kier alpha value is -2.46. The standard InChI is InChI=1S/C12H8FN3O2S/c13-10-2-1-3-11(16(17)18)12(10)15-7-9-5-4-8(6-14)19-9/h1-5,15H,7H2. The molecule has 2 rings (SSSR count). The number of rotatable bonds is 4. The molecule has 0 radical (unpaired) electrons. The molecule has 1 heterocycles. The predicted molar refractivity (Wildman–Crippen MR) is 69.4 cm³/mol. The highest BCUT2D eigenvalue weighted by Gasteiger charge is 2.17. The Morgan fingerprint density at radius 3 is 2.84 bits per heavy atom. The second-order valence-electron chi connectivity index (χ2n) is 3.62. The second-order valence-corrected chi connectivity index (χ2v) is 4.79. The van der Waals surface area contributed by atoms with Crippen LogP contribution in [-0.2, 0) is 6.54 Å². The highest BCUT2D eigenvalue weighted by atomic mass is 32.1. The number of anilines is 1. The lowest BCUT2D eigenvalue weighted by Gasteiger charge is -2.06. The monoisotopic (exact) mass is 277 g/mol. The fraction of sp³-hybridized carbons (Fsp3) is 0.0833. The topological polar surface area (TPSA) is 79.0 Å². The van der Waals surface area contributed by atoms with Crippen molar-refractivity contribution in [3.8, 4) is 6.07 Å². The summed E-state index contributed by atoms with van der Waals surface area (Å²) >= 11 is 1.26. The minimum Gasteiger partial charge on any atom is -0.372 e. The number of nitro benzene ring substituents is 1. The molecule has 19 heavy (non-hydrogen) atoms. The third-order valence-electron chi connectivity index (χ3n) is 2.40. The molecule has 0 saturated heterocycles. The van der Waals surface area contributed by atoms with Crippen LogP contribution in [0.4, 0.5) is 15.8 Å². The molecule has 2 aromatic rings. The van der Waals surface area contributed by atoms with Crippen LogP contribution >= 0.6 is 11.3 Å². The van der Waals surface area contributed by atoms with Gasteiger partial charge in [-0.15, -0.1) is 11.3 Å². The summed E-state index contributed by atoms with van der Waals surface area (Å²) in [7, 11) is 0. The molecule has 0 aliphatic heterocycles. The zero-order valence-electron chi connectivity index (χ0n) is 9.59. The molecule has 1 aromatic heterocycles. The van der Waals surface area contributed by atoms with Crippen LogP contribution in [0.3, 0.4) is 0 Å². The van der Waals surface area contributed by atoms with Gasteiger partial charge in [-0.05, 0) is 18.2 Å². The van der Waals surface area contributed by atoms with E-state index in [1.165, 1.54) is 23.5 Å². The third-order valence-corrected chi connectivity index (χ3v) is 3.39. The van der Waals surface area contributed by atoms with E-state index in [2.05, 4.69) is 5.32 Å². The van der Waals surface area contributed by atoms with Crippen molar-refractivity contribution in [1.29, 1.82) is 5.26 Å². The number of hydrogen-bond acceptors (Lipinski definition) is 5. The third kappa shape index (κ3) is 2.86. The molecule has 0 atom stereocenters. The Morgan fingerprint density at radius 2 is 2.21 bits per heavy atom. The van der Waals surface area contributed by atoms with E-state index in [9.17, 15) is 14.5 Å². The number of benzene rings is 1. The summed E-state index contributed by atoms with van der Waals surface area (Å²) in [5.41, 5.74) is -0.448. The number of nitrogens with zero attached hydrogens (tertiary/aromatic N) is 2. The predicted octanol–water partition coefficient (Wildman–Crippen LogP) is 3.28. The van der Waals surface area contributed by atoms with E-state index in [0.717, 1.165) is 10.9 Å². The van der Waals surface area contributed by atoms with E-state index in [1.54, 1.807) is 12.1 Å². The fourth-order valence-electron chi connectivity index (χ4n) is 1.55. The van der Waals surface area contributed by atoms with Crippen molar-refractivity contribution in [1.82, 2.24) is 0 Å². The summed E-state index contributed by atoms with van der Waals surface area (Å²) in [5, 5.41) is 22.2. The van der Waals surface area contributed by atoms with E-state index in [1.807, 2.05) is 6.07 Å². The van der Waals surface area contributed by atoms with Crippen LogP contribution in [0.5, 0.6) is 0 Å². The van der Waals surface area contributed by atoms with Gasteiger partial charge < -0.3 is 5.32 Å². The summed E-state index contributed by atoms with van der Waals surface area (Å²) in [5.74, 6) is -0.675. The van der Waals surface area contributed by atoms with Crippen molar-refractivity contribution < 1.29 is 9.31 Å². The van der Waals surface area contributed by atoms with Gasteiger partial charge in [0.05, 0.1) is 4.92 Å². The van der Waals surface area contributed by atoms with Crippen LogP contribution in [-0.4, -0.2) is 4.92 Å². The molecule has 5 nitrogen and oxygen atoms in total. The minimum absolute atomic E-state index is 0.139. The van der Waals surface area contributed by atoms with Crippen molar-refractivity contribution >= 4 is 22.7 Å². The first-order chi connectivity index (χ1) is 9.11. The van der Waals surface area contributed by atoms with Gasteiger partial charge in [0.1, 0.15) is 16.6 Å². The quantitative estimate of drug-likeness (QED) is 0.687. The van der Waals surface area contributed by atoms with Crippen LogP contribution in [0.25, 0.3) is 0 Å². The lowest BCUT2D eigenvalue weighted by molar-refractivity contribution is -0.384. The molecule has 1 aromatic carbocycles. The summed E-state index contributed by atoms with van der Waals surface area (Å²) < 4.78 is 13.6. The Labute approximate surface area is 112 Å². The van der Waals surface area contributed by atoms with Gasteiger partial charge in [-0.25, -0.2) is 4.39 Å². The van der Waals surface area contributed by atoms with Gasteiger partial charge in [-0.2, -0.15) is 5.26 Å². The van der Waals surface area contributed by atoms with Crippen LogP contribution in [0.2, 0.25) is 0 Å². The van der Waals surface area contributed by atoms with Gasteiger partial charge in [-0.1, -0.05) is 6.07 Å². The van der Waals surface area contributed by atoms with E-state index in [-0.39, 0.29) is 17.9 Å². The van der Waals surface area contributed by atoms with Crippen LogP contribution in [0.15, 0.2) is 30.3 Å². The normalized spacial score (nSPS) is 9.89. The summed E-state index contributed by atoms with van der Waals surface area (Å²) in [6.07, 6.45) is 0. The first kappa shape index (κ1) is 13.0. The summed E-state index contributed by atoms with van der Waals surface area (Å²) in [6, 6.07) is 9.05. The van der Waals surface area contributed by atoms with Gasteiger partial charge in [0.15, 0.2) is 5.82 Å². The van der Waals surface area contributed by atoms with Gasteiger partial charge >= 0.3 is 0 Å².